The number of nitrogens with one attached hydrogen (secondary N) is 2. The number of ether oxygens (including phenoxy) is 8. The second-order valence-electron chi connectivity index (χ2n) is 33.5. The molecule has 11 aromatic rings. The van der Waals surface area contributed by atoms with E-state index in [4.69, 9.17) is 37.9 Å². The average Bonchev–Trinajstić information content (AvgIpc) is 0.735. The van der Waals surface area contributed by atoms with Crippen LogP contribution < -0.4 is 39.1 Å². The zero-order valence-electron chi connectivity index (χ0n) is 68.3. The molecule has 2 aromatic heterocycles. The van der Waals surface area contributed by atoms with E-state index in [2.05, 4.69) is 107 Å². The molecule has 20 nitrogen and oxygen atoms in total. The molecule has 22 heteroatoms. The van der Waals surface area contributed by atoms with Crippen molar-refractivity contribution >= 4 is 125 Å². The summed E-state index contributed by atoms with van der Waals surface area (Å²) in [5, 5.41) is 10.4. The van der Waals surface area contributed by atoms with Gasteiger partial charge in [0, 0.05) is 104 Å². The second-order valence-corrected chi connectivity index (χ2v) is 35.2. The van der Waals surface area contributed by atoms with E-state index in [9.17, 15) is 9.59 Å². The van der Waals surface area contributed by atoms with Crippen molar-refractivity contribution in [3.8, 4) is 56.1 Å². The van der Waals surface area contributed by atoms with Crippen molar-refractivity contribution in [1.82, 2.24) is 9.80 Å². The van der Waals surface area contributed by atoms with Gasteiger partial charge < -0.3 is 48.5 Å². The first-order chi connectivity index (χ1) is 54.9. The third-order valence-electron chi connectivity index (χ3n) is 20.7. The first kappa shape index (κ1) is 82.4. The molecule has 0 saturated heterocycles. The predicted molar refractivity (Wildman–Crippen MR) is 455 cm³/mol. The number of amides is 6. The lowest BCUT2D eigenvalue weighted by Crippen LogP contribution is -2.52. The van der Waals surface area contributed by atoms with Gasteiger partial charge in [-0.1, -0.05) is 145 Å². The monoisotopic (exact) mass is 1600 g/mol. The molecule has 0 bridgehead atoms. The van der Waals surface area contributed by atoms with Gasteiger partial charge in [-0.2, -0.15) is 0 Å². The molecule has 0 aliphatic carbocycles. The number of carbonyl (C=O) groups is 8. The van der Waals surface area contributed by atoms with E-state index in [1.807, 2.05) is 111 Å². The Morgan fingerprint density at radius 2 is 0.647 bits per heavy atom. The molecule has 0 spiro atoms. The van der Waals surface area contributed by atoms with Crippen LogP contribution in [-0.2, 0) is 50.3 Å². The number of rotatable bonds is 28. The van der Waals surface area contributed by atoms with Gasteiger partial charge in [0.15, 0.2) is 10.1 Å². The van der Waals surface area contributed by atoms with Gasteiger partial charge in [-0.15, -0.1) is 22.7 Å². The fourth-order valence-corrected chi connectivity index (χ4v) is 15.9. The van der Waals surface area contributed by atoms with Crippen LogP contribution in [0.5, 0.6) is 56.1 Å². The van der Waals surface area contributed by atoms with Crippen LogP contribution in [0.15, 0.2) is 169 Å². The van der Waals surface area contributed by atoms with E-state index in [1.165, 1.54) is 12.1 Å². The van der Waals surface area contributed by atoms with Crippen LogP contribution >= 0.6 is 22.7 Å². The lowest BCUT2D eigenvalue weighted by atomic mass is 9.80. The summed E-state index contributed by atoms with van der Waals surface area (Å²) in [5.74, 6) is -5.01. The number of hydrogen-bond donors (Lipinski definition) is 2. The number of thiophene rings is 2. The summed E-state index contributed by atoms with van der Waals surface area (Å²) in [6.45, 7) is 40.3. The summed E-state index contributed by atoms with van der Waals surface area (Å²) in [6.07, 6.45) is 0.149. The molecule has 6 amide bonds. The molecule has 2 aliphatic heterocycles. The molecule has 13 rings (SSSR count). The predicted octanol–water partition coefficient (Wildman–Crippen LogP) is 22.0. The molecule has 9 aromatic carbocycles. The van der Waals surface area contributed by atoms with E-state index in [-0.39, 0.29) is 170 Å². The quantitative estimate of drug-likeness (QED) is 0.0116. The molecule has 0 saturated carbocycles. The van der Waals surface area contributed by atoms with E-state index >= 15 is 28.8 Å². The van der Waals surface area contributed by atoms with Gasteiger partial charge >= 0.3 is 11.9 Å². The molecule has 0 radical (unpaired) electrons. The Balaban J connectivity index is 1.16. The Labute approximate surface area is 683 Å². The molecule has 4 heterocycles. The first-order valence-electron chi connectivity index (χ1n) is 38.9. The Kier molecular flexibility index (Phi) is 23.2. The van der Waals surface area contributed by atoms with Crippen LogP contribution in [0.2, 0.25) is 0 Å². The van der Waals surface area contributed by atoms with Gasteiger partial charge in [-0.3, -0.25) is 38.6 Å². The maximum atomic E-state index is 16.7. The summed E-state index contributed by atoms with van der Waals surface area (Å²) in [7, 11) is 0. The first-order valence-corrected chi connectivity index (χ1v) is 40.6. The molecule has 2 unspecified atom stereocenters. The van der Waals surface area contributed by atoms with E-state index in [0.29, 0.717) is 47.6 Å². The average molecular weight is 1600 g/mol. The SMILES string of the molecule is C=C(C)C(=O)Nc1csc(OC(=O)C(CCCOCC)N2C(=O)c3cc(Oc4ccc(C(C)(C)C)cc4)c4c5c(Oc6ccc(C(C)(C)C)cc6)cc6c7c(cc(Oc8ccc(C(C)(C)C)cc8)c(c8c(Oc9ccc(C(C)(C)C)cc9)cc(c3c48)C2=O)c75)C(=O)N(C(CCCOCC)C(=O)Oc2cc(NC(=O)C(=C)C)cs2)C6=O)c1. The Hall–Kier alpha value is -11.6. The third kappa shape index (κ3) is 16.8. The van der Waals surface area contributed by atoms with Gasteiger partial charge in [0.1, 0.15) is 58.1 Å². The Morgan fingerprint density at radius 3 is 0.879 bits per heavy atom. The highest BCUT2D eigenvalue weighted by atomic mass is 32.1. The van der Waals surface area contributed by atoms with Gasteiger partial charge in [0.05, 0.1) is 33.6 Å². The number of carbonyl (C=O) groups excluding carboxylic acids is 8. The van der Waals surface area contributed by atoms with Crippen LogP contribution in [0.4, 0.5) is 11.4 Å². The van der Waals surface area contributed by atoms with E-state index in [1.54, 1.807) is 48.9 Å². The molecule has 600 valence electrons. The largest absolute Gasteiger partial charge is 0.457 e. The van der Waals surface area contributed by atoms with Crippen LogP contribution in [-0.4, -0.2) is 95.7 Å². The van der Waals surface area contributed by atoms with Gasteiger partial charge in [0.2, 0.25) is 0 Å². The minimum absolute atomic E-state index is 0.0265. The summed E-state index contributed by atoms with van der Waals surface area (Å²) < 4.78 is 53.4. The van der Waals surface area contributed by atoms with Crippen LogP contribution in [0.1, 0.15) is 200 Å². The van der Waals surface area contributed by atoms with Crippen molar-refractivity contribution in [2.24, 2.45) is 0 Å². The molecule has 116 heavy (non-hydrogen) atoms. The lowest BCUT2D eigenvalue weighted by Gasteiger charge is -2.35. The van der Waals surface area contributed by atoms with Crippen molar-refractivity contribution < 1.29 is 76.3 Å². The van der Waals surface area contributed by atoms with Crippen LogP contribution in [0.3, 0.4) is 0 Å². The number of nitrogens with zero attached hydrogens (tertiary/aromatic N) is 2. The van der Waals surface area contributed by atoms with E-state index < -0.39 is 59.5 Å². The zero-order chi connectivity index (χ0) is 83.4. The highest BCUT2D eigenvalue weighted by molar-refractivity contribution is 7.12. The van der Waals surface area contributed by atoms with Crippen LogP contribution in [0, 0.1) is 0 Å². The normalized spacial score (nSPS) is 13.7. The van der Waals surface area contributed by atoms with Crippen LogP contribution in [0.25, 0.3) is 43.1 Å². The summed E-state index contributed by atoms with van der Waals surface area (Å²) in [4.78, 5) is 125. The minimum atomic E-state index is -1.60. The fourth-order valence-electron chi connectivity index (χ4n) is 14.5. The third-order valence-corrected chi connectivity index (χ3v) is 22.3. The fraction of sp³-hybridized carbons (Fsp3) is 0.319. The summed E-state index contributed by atoms with van der Waals surface area (Å²) in [5.41, 5.74) is 3.56. The molecular formula is C94H96N4O16S2. The number of anilines is 2. The Bertz CT molecular complexity index is 5150. The molecule has 0 fully saturated rings. The van der Waals surface area contributed by atoms with Crippen molar-refractivity contribution in [3.63, 3.8) is 0 Å². The topological polar surface area (TPSA) is 241 Å². The number of esters is 2. The smallest absolute Gasteiger partial charge is 0.335 e. The summed E-state index contributed by atoms with van der Waals surface area (Å²) >= 11 is 2.04. The van der Waals surface area contributed by atoms with Crippen molar-refractivity contribution in [2.45, 2.75) is 170 Å². The van der Waals surface area contributed by atoms with Gasteiger partial charge in [-0.25, -0.2) is 9.59 Å². The van der Waals surface area contributed by atoms with Gasteiger partial charge in [-0.05, 0) is 170 Å². The number of benzene rings is 9. The molecule has 2 atom stereocenters. The summed E-state index contributed by atoms with van der Waals surface area (Å²) in [6, 6.07) is 36.0. The maximum Gasteiger partial charge on any atom is 0.335 e. The molecule has 2 aliphatic rings. The molecular weight excluding hydrogens is 1510 g/mol. The maximum absolute atomic E-state index is 16.7. The standard InChI is InChI=1S/C94H96N4O16S2/c1-19-107-41-21-23-67(89(105)113-73-43-57(49-115-73)95-83(99)51(3)4)97-85(101)63-45-69(109-59-33-25-53(26-34-59)91(7,8)9)77-79-71(111-61-37-29-55(30-38-61)93(13,14)15)47-65-76-66(88(104)98(87(65)103)68(24-22-42-108-20-2)90(106)114-74-44-58(50-116-74)96-84(100)52(5)6)48-72(112-62-39-31-56(32-40-62)94(16,17)18)80(82(76)79)78-70(46-64(86(97)102)75(63)81(77)78)110-60-35-27-54(28-36-60)92(10,11)12/h25-40,43-50,67-68H,3,5,19-24,41-42H2,1-2,4,6-18H3,(H,95,99)(H,96,100). The number of imide groups is 2. The highest BCUT2D eigenvalue weighted by Gasteiger charge is 2.47. The lowest BCUT2D eigenvalue weighted by molar-refractivity contribution is -0.139. The van der Waals surface area contributed by atoms with Crippen molar-refractivity contribution in [3.05, 3.63) is 213 Å². The van der Waals surface area contributed by atoms with E-state index in [0.717, 1.165) is 54.7 Å². The second kappa shape index (κ2) is 32.6. The number of fused-ring (bicyclic) bond motifs is 2. The number of hydrogen-bond acceptors (Lipinski definition) is 18. The van der Waals surface area contributed by atoms with Crippen molar-refractivity contribution in [2.75, 3.05) is 37.1 Å². The van der Waals surface area contributed by atoms with Gasteiger partial charge in [0.25, 0.3) is 35.4 Å². The molecule has 2 N–H and O–H groups in total. The minimum Gasteiger partial charge on any atom is -0.457 e. The highest BCUT2D eigenvalue weighted by Crippen LogP contribution is 2.59. The zero-order valence-corrected chi connectivity index (χ0v) is 70.0. The van der Waals surface area contributed by atoms with Crippen molar-refractivity contribution in [1.29, 1.82) is 0 Å². The Morgan fingerprint density at radius 1 is 0.388 bits per heavy atom.